The first-order valence-electron chi connectivity index (χ1n) is 5.43. The summed E-state index contributed by atoms with van der Waals surface area (Å²) in [5.74, 6) is 1.07. The number of nitrogens with one attached hydrogen (secondary N) is 1. The average Bonchev–Trinajstić information content (AvgIpc) is 2.82. The van der Waals surface area contributed by atoms with Crippen LogP contribution in [0.25, 0.3) is 11.0 Å². The van der Waals surface area contributed by atoms with Gasteiger partial charge in [-0.15, -0.1) is 0 Å². The summed E-state index contributed by atoms with van der Waals surface area (Å²) in [7, 11) is 0. The highest BCUT2D eigenvalue weighted by Crippen LogP contribution is 2.16. The van der Waals surface area contributed by atoms with Crippen molar-refractivity contribution >= 4 is 22.6 Å². The molecule has 0 radical (unpaired) electrons. The number of nitrogens with zero attached hydrogens (tertiary/aromatic N) is 3. The van der Waals surface area contributed by atoms with Crippen LogP contribution in [-0.4, -0.2) is 22.3 Å². The molecule has 0 unspecified atom stereocenters. The summed E-state index contributed by atoms with van der Waals surface area (Å²) in [6.45, 7) is 0.940. The van der Waals surface area contributed by atoms with Crippen LogP contribution in [0, 0.1) is 0 Å². The van der Waals surface area contributed by atoms with E-state index < -0.39 is 0 Å². The standard InChI is InChI=1S/C12H12N4/c1-2-12(15-5-1)16-9-3-4-10-11(8-9)14-7-6-13-10/h3-4,6-8H,1-2,5H2,(H,15,16). The predicted octanol–water partition coefficient (Wildman–Crippen LogP) is 2.23. The van der Waals surface area contributed by atoms with E-state index in [1.807, 2.05) is 18.2 Å². The molecule has 0 fully saturated rings. The second kappa shape index (κ2) is 3.89. The molecule has 0 bridgehead atoms. The number of aliphatic imine (C=N–C) groups is 1. The van der Waals surface area contributed by atoms with Crippen molar-refractivity contribution < 1.29 is 0 Å². The van der Waals surface area contributed by atoms with Gasteiger partial charge < -0.3 is 5.32 Å². The van der Waals surface area contributed by atoms with Gasteiger partial charge in [0.25, 0.3) is 0 Å². The first kappa shape index (κ1) is 9.27. The number of amidine groups is 1. The molecule has 0 atom stereocenters. The van der Waals surface area contributed by atoms with Crippen molar-refractivity contribution in [3.05, 3.63) is 30.6 Å². The summed E-state index contributed by atoms with van der Waals surface area (Å²) in [6, 6.07) is 5.99. The van der Waals surface area contributed by atoms with Crippen molar-refractivity contribution in [2.75, 3.05) is 11.9 Å². The van der Waals surface area contributed by atoms with Gasteiger partial charge in [-0.1, -0.05) is 0 Å². The van der Waals surface area contributed by atoms with Crippen LogP contribution in [0.4, 0.5) is 5.69 Å². The van der Waals surface area contributed by atoms with Gasteiger partial charge in [0.15, 0.2) is 0 Å². The number of rotatable bonds is 1. The van der Waals surface area contributed by atoms with Crippen molar-refractivity contribution in [3.63, 3.8) is 0 Å². The number of benzene rings is 1. The van der Waals surface area contributed by atoms with Crippen LogP contribution >= 0.6 is 0 Å². The van der Waals surface area contributed by atoms with Gasteiger partial charge in [-0.2, -0.15) is 0 Å². The molecule has 16 heavy (non-hydrogen) atoms. The molecule has 4 nitrogen and oxygen atoms in total. The van der Waals surface area contributed by atoms with E-state index in [-0.39, 0.29) is 0 Å². The van der Waals surface area contributed by atoms with Gasteiger partial charge in [0.2, 0.25) is 0 Å². The summed E-state index contributed by atoms with van der Waals surface area (Å²) in [6.07, 6.45) is 5.60. The van der Waals surface area contributed by atoms with Crippen LogP contribution in [0.2, 0.25) is 0 Å². The summed E-state index contributed by atoms with van der Waals surface area (Å²) >= 11 is 0. The second-order valence-electron chi connectivity index (χ2n) is 3.82. The van der Waals surface area contributed by atoms with E-state index in [2.05, 4.69) is 20.3 Å². The van der Waals surface area contributed by atoms with Crippen LogP contribution in [0.1, 0.15) is 12.8 Å². The maximum absolute atomic E-state index is 4.38. The summed E-state index contributed by atoms with van der Waals surface area (Å²) in [5.41, 5.74) is 2.86. The van der Waals surface area contributed by atoms with E-state index in [0.717, 1.165) is 41.9 Å². The molecule has 2 heterocycles. The zero-order valence-electron chi connectivity index (χ0n) is 8.85. The van der Waals surface area contributed by atoms with Crippen molar-refractivity contribution in [2.45, 2.75) is 12.8 Å². The van der Waals surface area contributed by atoms with E-state index >= 15 is 0 Å². The van der Waals surface area contributed by atoms with Gasteiger partial charge in [0.05, 0.1) is 11.0 Å². The third-order valence-corrected chi connectivity index (χ3v) is 2.63. The Hall–Kier alpha value is -1.97. The number of fused-ring (bicyclic) bond motifs is 1. The van der Waals surface area contributed by atoms with Gasteiger partial charge >= 0.3 is 0 Å². The van der Waals surface area contributed by atoms with E-state index in [1.54, 1.807) is 12.4 Å². The lowest BCUT2D eigenvalue weighted by Crippen LogP contribution is -2.08. The van der Waals surface area contributed by atoms with Crippen molar-refractivity contribution in [3.8, 4) is 0 Å². The number of anilines is 1. The van der Waals surface area contributed by atoms with Gasteiger partial charge in [0, 0.05) is 31.0 Å². The van der Waals surface area contributed by atoms with Gasteiger partial charge in [-0.3, -0.25) is 15.0 Å². The van der Waals surface area contributed by atoms with Crippen molar-refractivity contribution in [2.24, 2.45) is 4.99 Å². The smallest absolute Gasteiger partial charge is 0.101 e. The fourth-order valence-corrected chi connectivity index (χ4v) is 1.85. The molecule has 0 saturated carbocycles. The molecular formula is C12H12N4. The van der Waals surface area contributed by atoms with Crippen molar-refractivity contribution in [1.82, 2.24) is 9.97 Å². The number of hydrogen-bond acceptors (Lipinski definition) is 4. The van der Waals surface area contributed by atoms with E-state index in [4.69, 9.17) is 0 Å². The van der Waals surface area contributed by atoms with Gasteiger partial charge in [-0.05, 0) is 24.6 Å². The average molecular weight is 212 g/mol. The lowest BCUT2D eigenvalue weighted by Gasteiger charge is -2.05. The molecule has 0 amide bonds. The van der Waals surface area contributed by atoms with Gasteiger partial charge in [0.1, 0.15) is 5.84 Å². The van der Waals surface area contributed by atoms with Crippen molar-refractivity contribution in [1.29, 1.82) is 0 Å². The largest absolute Gasteiger partial charge is 0.344 e. The summed E-state index contributed by atoms with van der Waals surface area (Å²) < 4.78 is 0. The minimum absolute atomic E-state index is 0.908. The summed E-state index contributed by atoms with van der Waals surface area (Å²) in [5, 5.41) is 3.32. The van der Waals surface area contributed by atoms with Crippen LogP contribution < -0.4 is 5.32 Å². The Morgan fingerprint density at radius 3 is 2.75 bits per heavy atom. The fourth-order valence-electron chi connectivity index (χ4n) is 1.85. The molecular weight excluding hydrogens is 200 g/mol. The molecule has 1 aliphatic heterocycles. The van der Waals surface area contributed by atoms with E-state index in [1.165, 1.54) is 0 Å². The molecule has 1 N–H and O–H groups in total. The third-order valence-electron chi connectivity index (χ3n) is 2.63. The van der Waals surface area contributed by atoms with E-state index in [9.17, 15) is 0 Å². The molecule has 4 heteroatoms. The zero-order valence-corrected chi connectivity index (χ0v) is 8.85. The molecule has 1 aromatic carbocycles. The Balaban J connectivity index is 1.92. The van der Waals surface area contributed by atoms with Crippen LogP contribution in [-0.2, 0) is 0 Å². The first-order chi connectivity index (χ1) is 7.92. The first-order valence-corrected chi connectivity index (χ1v) is 5.43. The third kappa shape index (κ3) is 1.74. The highest BCUT2D eigenvalue weighted by atomic mass is 15.0. The highest BCUT2D eigenvalue weighted by molar-refractivity contribution is 5.97. The Bertz CT molecular complexity index is 547. The zero-order chi connectivity index (χ0) is 10.8. The fraction of sp³-hybridized carbons (Fsp3) is 0.250. The maximum Gasteiger partial charge on any atom is 0.101 e. The molecule has 0 aliphatic carbocycles. The van der Waals surface area contributed by atoms with Crippen LogP contribution in [0.3, 0.4) is 0 Å². The summed E-state index contributed by atoms with van der Waals surface area (Å²) in [4.78, 5) is 12.9. The molecule has 1 aliphatic rings. The highest BCUT2D eigenvalue weighted by Gasteiger charge is 2.06. The quantitative estimate of drug-likeness (QED) is 0.788. The normalized spacial score (nSPS) is 15.1. The molecule has 3 rings (SSSR count). The Kier molecular flexibility index (Phi) is 2.25. The molecule has 1 aromatic heterocycles. The topological polar surface area (TPSA) is 50.2 Å². The Labute approximate surface area is 93.5 Å². The Morgan fingerprint density at radius 2 is 1.94 bits per heavy atom. The molecule has 0 saturated heterocycles. The predicted molar refractivity (Wildman–Crippen MR) is 64.7 cm³/mol. The number of hydrogen-bond donors (Lipinski definition) is 1. The Morgan fingerprint density at radius 1 is 1.06 bits per heavy atom. The minimum atomic E-state index is 0.908. The molecule has 0 spiro atoms. The lowest BCUT2D eigenvalue weighted by molar-refractivity contribution is 0.951. The monoisotopic (exact) mass is 212 g/mol. The molecule has 80 valence electrons. The molecule has 2 aromatic rings. The number of aromatic nitrogens is 2. The van der Waals surface area contributed by atoms with Gasteiger partial charge in [-0.25, -0.2) is 0 Å². The van der Waals surface area contributed by atoms with E-state index in [0.29, 0.717) is 0 Å². The maximum atomic E-state index is 4.38. The lowest BCUT2D eigenvalue weighted by atomic mass is 10.2. The second-order valence-corrected chi connectivity index (χ2v) is 3.82. The van der Waals surface area contributed by atoms with Crippen LogP contribution in [0.15, 0.2) is 35.6 Å². The van der Waals surface area contributed by atoms with Crippen LogP contribution in [0.5, 0.6) is 0 Å². The SMILES string of the molecule is c1cnc2cc(NC3=NCCC3)ccc2n1. The minimum Gasteiger partial charge on any atom is -0.344 e.